The van der Waals surface area contributed by atoms with Gasteiger partial charge in [0.25, 0.3) is 0 Å². The molecule has 0 radical (unpaired) electrons. The molecule has 0 N–H and O–H groups in total. The van der Waals surface area contributed by atoms with E-state index in [4.69, 9.17) is 27.6 Å². The summed E-state index contributed by atoms with van der Waals surface area (Å²) in [4.78, 5) is 14.2. The molecule has 27 heavy (non-hydrogen) atoms. The molecule has 0 spiro atoms. The number of hydrogen-bond donors (Lipinski definition) is 0. The largest absolute Gasteiger partial charge is 0.467 e. The number of rotatable bonds is 5. The molecule has 1 aliphatic rings. The van der Waals surface area contributed by atoms with E-state index in [1.807, 2.05) is 6.07 Å². The van der Waals surface area contributed by atoms with E-state index in [1.54, 1.807) is 30.3 Å². The molecule has 1 aliphatic heterocycles. The molecular weight excluding hydrogens is 411 g/mol. The van der Waals surface area contributed by atoms with Crippen LogP contribution in [0.1, 0.15) is 18.6 Å². The normalized spacial score (nSPS) is 16.4. The number of carbonyl (C=O) groups excluding carboxylic acids is 1. The van der Waals surface area contributed by atoms with Gasteiger partial charge in [0.2, 0.25) is 15.9 Å². The third kappa shape index (κ3) is 4.48. The van der Waals surface area contributed by atoms with Crippen LogP contribution in [-0.2, 0) is 21.4 Å². The van der Waals surface area contributed by atoms with Gasteiger partial charge in [0.05, 0.1) is 17.8 Å². The third-order valence-electron chi connectivity index (χ3n) is 4.66. The van der Waals surface area contributed by atoms with Gasteiger partial charge in [-0.25, -0.2) is 8.42 Å². The smallest absolute Gasteiger partial charge is 0.244 e. The maximum absolute atomic E-state index is 12.9. The molecule has 0 bridgehead atoms. The Labute approximate surface area is 168 Å². The summed E-state index contributed by atoms with van der Waals surface area (Å²) >= 11 is 12.0. The first-order valence-electron chi connectivity index (χ1n) is 8.51. The first-order chi connectivity index (χ1) is 12.8. The van der Waals surface area contributed by atoms with Crippen molar-refractivity contribution in [3.8, 4) is 0 Å². The third-order valence-corrected chi connectivity index (χ3v) is 7.28. The molecule has 1 aromatic heterocycles. The molecule has 2 heterocycles. The zero-order chi connectivity index (χ0) is 19.6. The summed E-state index contributed by atoms with van der Waals surface area (Å²) in [5, 5.41) is 0.443. The van der Waals surface area contributed by atoms with E-state index in [2.05, 4.69) is 0 Å². The van der Waals surface area contributed by atoms with Crippen LogP contribution in [-0.4, -0.2) is 43.7 Å². The van der Waals surface area contributed by atoms with Gasteiger partial charge >= 0.3 is 0 Å². The van der Waals surface area contributed by atoms with Crippen molar-refractivity contribution in [2.75, 3.05) is 20.1 Å². The zero-order valence-electron chi connectivity index (χ0n) is 14.8. The van der Waals surface area contributed by atoms with Crippen LogP contribution >= 0.6 is 23.2 Å². The minimum Gasteiger partial charge on any atom is -0.467 e. The number of halogens is 2. The standard InChI is InChI=1S/C18H20Cl2N2O4S/c1-21(12-15-3-2-10-26-15)18(23)13-6-8-22(9-7-13)27(24,25)17-11-14(19)4-5-16(17)20/h2-5,10-11,13H,6-9,12H2,1H3. The lowest BCUT2D eigenvalue weighted by Gasteiger charge is -2.32. The molecule has 0 atom stereocenters. The Bertz CT molecular complexity index is 907. The highest BCUT2D eigenvalue weighted by Gasteiger charge is 2.34. The number of sulfonamides is 1. The van der Waals surface area contributed by atoms with Crippen molar-refractivity contribution in [2.45, 2.75) is 24.3 Å². The molecule has 9 heteroatoms. The quantitative estimate of drug-likeness (QED) is 0.725. The predicted octanol–water partition coefficient (Wildman–Crippen LogP) is 3.65. The van der Waals surface area contributed by atoms with Gasteiger partial charge in [-0.05, 0) is 43.2 Å². The zero-order valence-corrected chi connectivity index (χ0v) is 17.1. The topological polar surface area (TPSA) is 70.8 Å². The molecule has 1 fully saturated rings. The van der Waals surface area contributed by atoms with Gasteiger partial charge in [-0.3, -0.25) is 4.79 Å². The van der Waals surface area contributed by atoms with Crippen molar-refractivity contribution in [2.24, 2.45) is 5.92 Å². The Morgan fingerprint density at radius 1 is 1.26 bits per heavy atom. The molecule has 6 nitrogen and oxygen atoms in total. The maximum Gasteiger partial charge on any atom is 0.244 e. The van der Waals surface area contributed by atoms with Gasteiger partial charge < -0.3 is 9.32 Å². The summed E-state index contributed by atoms with van der Waals surface area (Å²) in [7, 11) is -2.03. The average molecular weight is 431 g/mol. The molecule has 146 valence electrons. The van der Waals surface area contributed by atoms with Gasteiger partial charge in [0, 0.05) is 31.1 Å². The summed E-state index contributed by atoms with van der Waals surface area (Å²) in [5.41, 5.74) is 0. The fraction of sp³-hybridized carbons (Fsp3) is 0.389. The molecule has 0 aliphatic carbocycles. The maximum atomic E-state index is 12.9. The fourth-order valence-electron chi connectivity index (χ4n) is 3.18. The van der Waals surface area contributed by atoms with Crippen molar-refractivity contribution in [1.29, 1.82) is 0 Å². The lowest BCUT2D eigenvalue weighted by atomic mass is 9.96. The number of piperidine rings is 1. The van der Waals surface area contributed by atoms with Crippen molar-refractivity contribution in [1.82, 2.24) is 9.21 Å². The van der Waals surface area contributed by atoms with E-state index in [0.29, 0.717) is 30.2 Å². The van der Waals surface area contributed by atoms with Crippen LogP contribution in [0.5, 0.6) is 0 Å². The van der Waals surface area contributed by atoms with Crippen LogP contribution in [0.15, 0.2) is 45.9 Å². The molecule has 3 rings (SSSR count). The second-order valence-electron chi connectivity index (χ2n) is 6.53. The summed E-state index contributed by atoms with van der Waals surface area (Å²) in [6, 6.07) is 7.96. The van der Waals surface area contributed by atoms with E-state index in [-0.39, 0.29) is 34.8 Å². The fourth-order valence-corrected chi connectivity index (χ4v) is 5.39. The summed E-state index contributed by atoms with van der Waals surface area (Å²) in [6.45, 7) is 0.912. The first kappa shape index (κ1) is 20.2. The second kappa shape index (κ2) is 8.22. The van der Waals surface area contributed by atoms with Crippen molar-refractivity contribution < 1.29 is 17.6 Å². The SMILES string of the molecule is CN(Cc1ccco1)C(=O)C1CCN(S(=O)(=O)c2cc(Cl)ccc2Cl)CC1. The van der Waals surface area contributed by atoms with Crippen LogP contribution in [0, 0.1) is 5.92 Å². The van der Waals surface area contributed by atoms with Gasteiger partial charge in [-0.2, -0.15) is 4.31 Å². The molecule has 1 saturated heterocycles. The molecule has 1 aromatic carbocycles. The Balaban J connectivity index is 1.64. The Morgan fingerprint density at radius 2 is 1.96 bits per heavy atom. The van der Waals surface area contributed by atoms with E-state index >= 15 is 0 Å². The number of nitrogens with zero attached hydrogens (tertiary/aromatic N) is 2. The predicted molar refractivity (Wildman–Crippen MR) is 103 cm³/mol. The van der Waals surface area contributed by atoms with Crippen LogP contribution in [0.3, 0.4) is 0 Å². The van der Waals surface area contributed by atoms with E-state index in [1.165, 1.54) is 16.4 Å². The van der Waals surface area contributed by atoms with Gasteiger partial charge in [0.1, 0.15) is 10.7 Å². The first-order valence-corrected chi connectivity index (χ1v) is 10.7. The van der Waals surface area contributed by atoms with Gasteiger partial charge in [0.15, 0.2) is 0 Å². The van der Waals surface area contributed by atoms with Crippen LogP contribution in [0.2, 0.25) is 10.0 Å². The Morgan fingerprint density at radius 3 is 2.59 bits per heavy atom. The van der Waals surface area contributed by atoms with E-state index in [0.717, 1.165) is 0 Å². The summed E-state index contributed by atoms with van der Waals surface area (Å²) in [6.07, 6.45) is 2.48. The number of furan rings is 1. The minimum absolute atomic E-state index is 0.00335. The molecule has 1 amide bonds. The lowest BCUT2D eigenvalue weighted by molar-refractivity contribution is -0.136. The van der Waals surface area contributed by atoms with Crippen LogP contribution < -0.4 is 0 Å². The molecule has 0 unspecified atom stereocenters. The molecule has 2 aromatic rings. The summed E-state index contributed by atoms with van der Waals surface area (Å²) in [5.74, 6) is 0.483. The number of carbonyl (C=O) groups is 1. The lowest BCUT2D eigenvalue weighted by Crippen LogP contribution is -2.43. The van der Waals surface area contributed by atoms with Crippen molar-refractivity contribution in [3.63, 3.8) is 0 Å². The van der Waals surface area contributed by atoms with Gasteiger partial charge in [-0.1, -0.05) is 23.2 Å². The Hall–Kier alpha value is -1.54. The minimum atomic E-state index is -3.75. The number of hydrogen-bond acceptors (Lipinski definition) is 4. The van der Waals surface area contributed by atoms with Crippen molar-refractivity contribution >= 4 is 39.1 Å². The Kier molecular flexibility index (Phi) is 6.15. The molecule has 0 saturated carbocycles. The summed E-state index contributed by atoms with van der Waals surface area (Å²) < 4.78 is 32.3. The highest BCUT2D eigenvalue weighted by molar-refractivity contribution is 7.89. The van der Waals surface area contributed by atoms with Crippen molar-refractivity contribution in [3.05, 3.63) is 52.4 Å². The highest BCUT2D eigenvalue weighted by atomic mass is 35.5. The monoisotopic (exact) mass is 430 g/mol. The van der Waals surface area contributed by atoms with Gasteiger partial charge in [-0.15, -0.1) is 0 Å². The molecular formula is C18H20Cl2N2O4S. The van der Waals surface area contributed by atoms with E-state index in [9.17, 15) is 13.2 Å². The average Bonchev–Trinajstić information content (AvgIpc) is 3.16. The van der Waals surface area contributed by atoms with Crippen LogP contribution in [0.25, 0.3) is 0 Å². The number of benzene rings is 1. The van der Waals surface area contributed by atoms with E-state index < -0.39 is 10.0 Å². The highest BCUT2D eigenvalue weighted by Crippen LogP contribution is 2.30. The second-order valence-corrected chi connectivity index (χ2v) is 9.28. The van der Waals surface area contributed by atoms with Crippen LogP contribution in [0.4, 0.5) is 0 Å². The number of amides is 1.